The third-order valence-corrected chi connectivity index (χ3v) is 3.09. The molecule has 0 saturated carbocycles. The van der Waals surface area contributed by atoms with Crippen LogP contribution in [-0.2, 0) is 6.54 Å². The molecule has 17 heavy (non-hydrogen) atoms. The molecule has 0 fully saturated rings. The molecule has 0 amide bonds. The van der Waals surface area contributed by atoms with Gasteiger partial charge in [-0.15, -0.1) is 0 Å². The highest BCUT2D eigenvalue weighted by atomic mass is 15.3. The molecule has 0 radical (unpaired) electrons. The van der Waals surface area contributed by atoms with E-state index in [1.54, 1.807) is 6.20 Å². The molecule has 0 atom stereocenters. The van der Waals surface area contributed by atoms with Crippen molar-refractivity contribution in [1.82, 2.24) is 14.8 Å². The first-order chi connectivity index (χ1) is 8.13. The van der Waals surface area contributed by atoms with Crippen molar-refractivity contribution in [1.29, 1.82) is 0 Å². The number of aromatic nitrogens is 3. The Morgan fingerprint density at radius 1 is 1.35 bits per heavy atom. The highest BCUT2D eigenvalue weighted by Gasteiger charge is 2.09. The predicted molar refractivity (Wildman–Crippen MR) is 67.6 cm³/mol. The summed E-state index contributed by atoms with van der Waals surface area (Å²) in [6.45, 7) is 6.85. The second kappa shape index (κ2) is 4.55. The molecule has 0 bridgehead atoms. The summed E-state index contributed by atoms with van der Waals surface area (Å²) in [7, 11) is 0. The lowest BCUT2D eigenvalue weighted by atomic mass is 10.2. The van der Waals surface area contributed by atoms with Crippen LogP contribution in [0, 0.1) is 20.8 Å². The maximum atomic E-state index is 5.44. The SMILES string of the molecule is Cc1nn(Cc2cccnc2NN)c(C)c1C. The molecule has 0 aliphatic heterocycles. The lowest BCUT2D eigenvalue weighted by molar-refractivity contribution is 0.657. The predicted octanol–water partition coefficient (Wildman–Crippen LogP) is 1.54. The zero-order valence-electron chi connectivity index (χ0n) is 10.4. The molecule has 0 aliphatic rings. The molecule has 0 aliphatic carbocycles. The first kappa shape index (κ1) is 11.6. The van der Waals surface area contributed by atoms with Crippen LogP contribution in [0.25, 0.3) is 0 Å². The van der Waals surface area contributed by atoms with Gasteiger partial charge in [0.15, 0.2) is 0 Å². The van der Waals surface area contributed by atoms with Crippen molar-refractivity contribution in [3.05, 3.63) is 40.8 Å². The Hall–Kier alpha value is -1.88. The smallest absolute Gasteiger partial charge is 0.144 e. The molecule has 2 aromatic heterocycles. The van der Waals surface area contributed by atoms with Crippen molar-refractivity contribution in [2.24, 2.45) is 5.84 Å². The minimum atomic E-state index is 0.674. The van der Waals surface area contributed by atoms with Crippen LogP contribution in [0.2, 0.25) is 0 Å². The van der Waals surface area contributed by atoms with Crippen molar-refractivity contribution in [3.63, 3.8) is 0 Å². The summed E-state index contributed by atoms with van der Waals surface area (Å²) in [5.41, 5.74) is 7.10. The first-order valence-electron chi connectivity index (χ1n) is 5.54. The van der Waals surface area contributed by atoms with Crippen LogP contribution in [0.1, 0.15) is 22.5 Å². The Bertz CT molecular complexity index is 530. The van der Waals surface area contributed by atoms with Crippen molar-refractivity contribution in [2.45, 2.75) is 27.3 Å². The number of anilines is 1. The van der Waals surface area contributed by atoms with Gasteiger partial charge in [0.05, 0.1) is 12.2 Å². The zero-order valence-corrected chi connectivity index (χ0v) is 10.4. The van der Waals surface area contributed by atoms with E-state index in [9.17, 15) is 0 Å². The largest absolute Gasteiger partial charge is 0.308 e. The van der Waals surface area contributed by atoms with E-state index in [1.165, 1.54) is 11.3 Å². The van der Waals surface area contributed by atoms with Crippen molar-refractivity contribution < 1.29 is 0 Å². The van der Waals surface area contributed by atoms with E-state index < -0.39 is 0 Å². The number of hydrogen-bond acceptors (Lipinski definition) is 4. The number of pyridine rings is 1. The average Bonchev–Trinajstić information content (AvgIpc) is 2.58. The van der Waals surface area contributed by atoms with E-state index in [0.29, 0.717) is 12.4 Å². The molecular formula is C12H17N5. The molecular weight excluding hydrogens is 214 g/mol. The van der Waals surface area contributed by atoms with Crippen LogP contribution in [-0.4, -0.2) is 14.8 Å². The maximum absolute atomic E-state index is 5.44. The van der Waals surface area contributed by atoms with Crippen molar-refractivity contribution in [3.8, 4) is 0 Å². The minimum Gasteiger partial charge on any atom is -0.308 e. The standard InChI is InChI=1S/C12H17N5/c1-8-9(2)16-17(10(8)3)7-11-5-4-6-14-12(11)15-13/h4-6H,7,13H2,1-3H3,(H,14,15). The van der Waals surface area contributed by atoms with E-state index in [1.807, 2.05) is 23.7 Å². The van der Waals surface area contributed by atoms with Gasteiger partial charge in [0.1, 0.15) is 5.82 Å². The first-order valence-corrected chi connectivity index (χ1v) is 5.54. The molecule has 5 heteroatoms. The third kappa shape index (κ3) is 2.14. The van der Waals surface area contributed by atoms with Gasteiger partial charge in [-0.1, -0.05) is 6.07 Å². The lowest BCUT2D eigenvalue weighted by Gasteiger charge is -2.09. The molecule has 0 unspecified atom stereocenters. The van der Waals surface area contributed by atoms with Gasteiger partial charge in [-0.05, 0) is 32.4 Å². The number of hydrogen-bond donors (Lipinski definition) is 2. The third-order valence-electron chi connectivity index (χ3n) is 3.09. The van der Waals surface area contributed by atoms with Gasteiger partial charge in [-0.25, -0.2) is 10.8 Å². The fraction of sp³-hybridized carbons (Fsp3) is 0.333. The molecule has 0 aromatic carbocycles. The van der Waals surface area contributed by atoms with Crippen LogP contribution in [0.15, 0.2) is 18.3 Å². The van der Waals surface area contributed by atoms with Gasteiger partial charge in [-0.2, -0.15) is 5.10 Å². The molecule has 2 rings (SSSR count). The summed E-state index contributed by atoms with van der Waals surface area (Å²) in [4.78, 5) is 4.18. The Morgan fingerprint density at radius 2 is 2.12 bits per heavy atom. The Morgan fingerprint density at radius 3 is 2.71 bits per heavy atom. The van der Waals surface area contributed by atoms with Gasteiger partial charge in [0.25, 0.3) is 0 Å². The van der Waals surface area contributed by atoms with E-state index >= 15 is 0 Å². The Balaban J connectivity index is 2.34. The van der Waals surface area contributed by atoms with E-state index in [0.717, 1.165) is 11.3 Å². The summed E-state index contributed by atoms with van der Waals surface area (Å²) in [5, 5.41) is 4.50. The number of rotatable bonds is 3. The minimum absolute atomic E-state index is 0.674. The summed E-state index contributed by atoms with van der Waals surface area (Å²) in [5.74, 6) is 6.13. The Kier molecular flexibility index (Phi) is 3.10. The van der Waals surface area contributed by atoms with E-state index in [-0.39, 0.29) is 0 Å². The molecule has 0 spiro atoms. The highest BCUT2D eigenvalue weighted by Crippen LogP contribution is 2.16. The summed E-state index contributed by atoms with van der Waals surface area (Å²) < 4.78 is 1.97. The number of aryl methyl sites for hydroxylation is 1. The lowest BCUT2D eigenvalue weighted by Crippen LogP contribution is -2.13. The molecule has 90 valence electrons. The van der Waals surface area contributed by atoms with Gasteiger partial charge in [0.2, 0.25) is 0 Å². The zero-order chi connectivity index (χ0) is 12.4. The normalized spacial score (nSPS) is 10.6. The quantitative estimate of drug-likeness (QED) is 0.621. The number of nitrogens with one attached hydrogen (secondary N) is 1. The summed E-state index contributed by atoms with van der Waals surface area (Å²) in [6.07, 6.45) is 1.71. The molecule has 5 nitrogen and oxygen atoms in total. The Labute approximate surface area is 101 Å². The van der Waals surface area contributed by atoms with Crippen LogP contribution >= 0.6 is 0 Å². The van der Waals surface area contributed by atoms with Crippen molar-refractivity contribution >= 4 is 5.82 Å². The summed E-state index contributed by atoms with van der Waals surface area (Å²) >= 11 is 0. The maximum Gasteiger partial charge on any atom is 0.144 e. The topological polar surface area (TPSA) is 68.8 Å². The second-order valence-corrected chi connectivity index (χ2v) is 4.11. The fourth-order valence-corrected chi connectivity index (χ4v) is 1.80. The number of nitrogen functional groups attached to an aromatic ring is 1. The van der Waals surface area contributed by atoms with Gasteiger partial charge in [0, 0.05) is 17.5 Å². The van der Waals surface area contributed by atoms with Crippen LogP contribution in [0.3, 0.4) is 0 Å². The fourth-order valence-electron chi connectivity index (χ4n) is 1.80. The van der Waals surface area contributed by atoms with Gasteiger partial charge < -0.3 is 5.43 Å². The summed E-state index contributed by atoms with van der Waals surface area (Å²) in [6, 6.07) is 3.89. The van der Waals surface area contributed by atoms with Crippen LogP contribution in [0.5, 0.6) is 0 Å². The van der Waals surface area contributed by atoms with Crippen molar-refractivity contribution in [2.75, 3.05) is 5.43 Å². The van der Waals surface area contributed by atoms with E-state index in [4.69, 9.17) is 5.84 Å². The number of nitrogens with two attached hydrogens (primary N) is 1. The highest BCUT2D eigenvalue weighted by molar-refractivity contribution is 5.42. The van der Waals surface area contributed by atoms with Gasteiger partial charge in [-0.3, -0.25) is 4.68 Å². The van der Waals surface area contributed by atoms with Crippen LogP contribution in [0.4, 0.5) is 5.82 Å². The molecule has 2 heterocycles. The number of nitrogens with zero attached hydrogens (tertiary/aromatic N) is 3. The second-order valence-electron chi connectivity index (χ2n) is 4.11. The molecule has 2 aromatic rings. The van der Waals surface area contributed by atoms with Crippen LogP contribution < -0.4 is 11.3 Å². The molecule has 0 saturated heterocycles. The number of hydrazine groups is 1. The van der Waals surface area contributed by atoms with E-state index in [2.05, 4.69) is 29.4 Å². The average molecular weight is 231 g/mol. The monoisotopic (exact) mass is 231 g/mol. The molecule has 3 N–H and O–H groups in total. The van der Waals surface area contributed by atoms with Gasteiger partial charge >= 0.3 is 0 Å².